The van der Waals surface area contributed by atoms with Crippen molar-refractivity contribution in [2.24, 2.45) is 0 Å². The second kappa shape index (κ2) is 46.6. The van der Waals surface area contributed by atoms with E-state index in [0.717, 1.165) is 64.2 Å². The lowest BCUT2D eigenvalue weighted by Crippen LogP contribution is -2.60. The van der Waals surface area contributed by atoms with Crippen LogP contribution in [-0.4, -0.2) is 87.5 Å². The zero-order chi connectivity index (χ0) is 48.0. The summed E-state index contributed by atoms with van der Waals surface area (Å²) in [4.78, 5) is 13.0. The van der Waals surface area contributed by atoms with Gasteiger partial charge in [0.15, 0.2) is 6.29 Å². The number of aliphatic hydroxyl groups excluding tert-OH is 5. The van der Waals surface area contributed by atoms with Crippen molar-refractivity contribution in [3.05, 3.63) is 60.8 Å². The number of amides is 1. The molecule has 7 unspecified atom stereocenters. The highest BCUT2D eigenvalue weighted by Gasteiger charge is 2.44. The summed E-state index contributed by atoms with van der Waals surface area (Å²) in [6.07, 6.45) is 55.6. The Morgan fingerprint density at radius 1 is 0.530 bits per heavy atom. The molecule has 1 amide bonds. The number of hydrogen-bond acceptors (Lipinski definition) is 8. The summed E-state index contributed by atoms with van der Waals surface area (Å²) >= 11 is 0. The molecule has 0 radical (unpaired) electrons. The summed E-state index contributed by atoms with van der Waals surface area (Å²) in [5.74, 6) is -0.178. The van der Waals surface area contributed by atoms with Crippen LogP contribution in [0, 0.1) is 0 Å². The van der Waals surface area contributed by atoms with Crippen LogP contribution in [0.15, 0.2) is 60.8 Å². The molecule has 6 N–H and O–H groups in total. The van der Waals surface area contributed by atoms with Gasteiger partial charge in [0, 0.05) is 6.42 Å². The Hall–Kier alpha value is -2.11. The van der Waals surface area contributed by atoms with Gasteiger partial charge in [0.1, 0.15) is 24.4 Å². The van der Waals surface area contributed by atoms with Gasteiger partial charge in [-0.15, -0.1) is 0 Å². The molecule has 0 saturated carbocycles. The Labute approximate surface area is 405 Å². The molecule has 0 spiro atoms. The molecule has 66 heavy (non-hydrogen) atoms. The number of ether oxygens (including phenoxy) is 2. The number of allylic oxidation sites excluding steroid dienone is 9. The molecule has 0 aromatic rings. The predicted molar refractivity (Wildman–Crippen MR) is 276 cm³/mol. The fourth-order valence-electron chi connectivity index (χ4n) is 8.50. The van der Waals surface area contributed by atoms with E-state index in [1.807, 2.05) is 6.08 Å². The largest absolute Gasteiger partial charge is 0.394 e. The zero-order valence-corrected chi connectivity index (χ0v) is 42.4. The number of unbranched alkanes of at least 4 members (excludes halogenated alkanes) is 28. The third kappa shape index (κ3) is 36.0. The van der Waals surface area contributed by atoms with Crippen molar-refractivity contribution in [2.45, 2.75) is 281 Å². The summed E-state index contributed by atoms with van der Waals surface area (Å²) in [5, 5.41) is 54.4. The number of aliphatic hydroxyl groups is 5. The van der Waals surface area contributed by atoms with Gasteiger partial charge in [0.05, 0.1) is 25.4 Å². The molecule has 1 aliphatic rings. The lowest BCUT2D eigenvalue weighted by Gasteiger charge is -2.40. The Morgan fingerprint density at radius 3 is 1.39 bits per heavy atom. The molecule has 0 aromatic heterocycles. The van der Waals surface area contributed by atoms with Crippen LogP contribution in [0.4, 0.5) is 0 Å². The van der Waals surface area contributed by atoms with Crippen LogP contribution in [0.3, 0.4) is 0 Å². The van der Waals surface area contributed by atoms with Gasteiger partial charge in [-0.3, -0.25) is 4.79 Å². The minimum absolute atomic E-state index is 0.178. The van der Waals surface area contributed by atoms with Crippen LogP contribution < -0.4 is 5.32 Å². The molecule has 9 heteroatoms. The first-order valence-corrected chi connectivity index (χ1v) is 27.5. The van der Waals surface area contributed by atoms with E-state index in [1.54, 1.807) is 6.08 Å². The first-order chi connectivity index (χ1) is 32.3. The standard InChI is InChI=1S/C57H103NO8/c1-3-5-7-9-11-13-15-17-19-21-22-23-24-25-26-27-28-29-30-31-33-35-37-39-41-43-45-47-53(61)58-50(49-65-57-56(64)55(63)54(62)52(48-59)66-57)51(60)46-44-42-40-38-36-34-32-20-18-16-14-12-10-8-6-4-2/h5,7,11,13,17,19,22-23,44,46,50-52,54-57,59-60,62-64H,3-4,6,8-10,12,14-16,18,20-21,24-43,45,47-49H2,1-2H3,(H,58,61)/b7-5-,13-11-,19-17-,23-22-,46-44+. The maximum atomic E-state index is 13.0. The number of hydrogen-bond donors (Lipinski definition) is 6. The molecule has 7 atom stereocenters. The van der Waals surface area contributed by atoms with E-state index in [9.17, 15) is 30.3 Å². The number of carbonyl (C=O) groups is 1. The number of rotatable bonds is 46. The first kappa shape index (κ1) is 61.9. The van der Waals surface area contributed by atoms with E-state index in [0.29, 0.717) is 6.42 Å². The average Bonchev–Trinajstić information content (AvgIpc) is 3.32. The van der Waals surface area contributed by atoms with Gasteiger partial charge in [-0.25, -0.2) is 0 Å². The van der Waals surface area contributed by atoms with Crippen molar-refractivity contribution in [1.29, 1.82) is 0 Å². The minimum Gasteiger partial charge on any atom is -0.394 e. The van der Waals surface area contributed by atoms with Crippen LogP contribution >= 0.6 is 0 Å². The minimum atomic E-state index is -1.57. The topological polar surface area (TPSA) is 149 Å². The van der Waals surface area contributed by atoms with E-state index in [2.05, 4.69) is 67.8 Å². The monoisotopic (exact) mass is 930 g/mol. The molecule has 384 valence electrons. The van der Waals surface area contributed by atoms with E-state index in [-0.39, 0.29) is 12.5 Å². The SMILES string of the molecule is CC/C=C\C/C=C\C/C=C\C/C=C\CCCCCCCCCCCCCCCCC(=O)NC(COC1OC(CO)C(O)C(O)C1O)C(O)/C=C/CCCCCCCCCCCCCCCC. The molecule has 0 bridgehead atoms. The third-order valence-electron chi connectivity index (χ3n) is 12.8. The molecular formula is C57H103NO8. The van der Waals surface area contributed by atoms with Crippen LogP contribution in [0.5, 0.6) is 0 Å². The van der Waals surface area contributed by atoms with Crippen LogP contribution in [0.25, 0.3) is 0 Å². The van der Waals surface area contributed by atoms with Gasteiger partial charge < -0.3 is 40.3 Å². The first-order valence-electron chi connectivity index (χ1n) is 27.5. The zero-order valence-electron chi connectivity index (χ0n) is 42.4. The molecule has 1 rings (SSSR count). The van der Waals surface area contributed by atoms with E-state index in [4.69, 9.17) is 9.47 Å². The average molecular weight is 930 g/mol. The molecule has 9 nitrogen and oxygen atoms in total. The van der Waals surface area contributed by atoms with Crippen molar-refractivity contribution >= 4 is 5.91 Å². The highest BCUT2D eigenvalue weighted by Crippen LogP contribution is 2.23. The summed E-state index contributed by atoms with van der Waals surface area (Å²) < 4.78 is 11.3. The predicted octanol–water partition coefficient (Wildman–Crippen LogP) is 13.1. The van der Waals surface area contributed by atoms with Crippen LogP contribution in [-0.2, 0) is 14.3 Å². The molecule has 1 heterocycles. The second-order valence-electron chi connectivity index (χ2n) is 19.0. The van der Waals surface area contributed by atoms with Crippen LogP contribution in [0.2, 0.25) is 0 Å². The smallest absolute Gasteiger partial charge is 0.220 e. The van der Waals surface area contributed by atoms with Gasteiger partial charge >= 0.3 is 0 Å². The van der Waals surface area contributed by atoms with Gasteiger partial charge in [-0.1, -0.05) is 235 Å². The Balaban J connectivity index is 2.22. The summed E-state index contributed by atoms with van der Waals surface area (Å²) in [5.41, 5.74) is 0. The third-order valence-corrected chi connectivity index (χ3v) is 12.8. The maximum Gasteiger partial charge on any atom is 0.220 e. The second-order valence-corrected chi connectivity index (χ2v) is 19.0. The van der Waals surface area contributed by atoms with Crippen molar-refractivity contribution in [3.8, 4) is 0 Å². The van der Waals surface area contributed by atoms with Gasteiger partial charge in [-0.2, -0.15) is 0 Å². The van der Waals surface area contributed by atoms with Crippen molar-refractivity contribution < 1.29 is 39.8 Å². The Bertz CT molecular complexity index is 1220. The fraction of sp³-hybridized carbons (Fsp3) is 0.807. The molecule has 0 aromatic carbocycles. The normalized spacial score (nSPS) is 20.3. The number of carbonyl (C=O) groups excluding carboxylic acids is 1. The van der Waals surface area contributed by atoms with Gasteiger partial charge in [0.2, 0.25) is 5.91 Å². The lowest BCUT2D eigenvalue weighted by molar-refractivity contribution is -0.302. The molecule has 1 fully saturated rings. The van der Waals surface area contributed by atoms with Gasteiger partial charge in [0.25, 0.3) is 0 Å². The lowest BCUT2D eigenvalue weighted by atomic mass is 9.99. The van der Waals surface area contributed by atoms with E-state index >= 15 is 0 Å². The van der Waals surface area contributed by atoms with E-state index < -0.39 is 49.5 Å². The fourth-order valence-corrected chi connectivity index (χ4v) is 8.50. The quantitative estimate of drug-likeness (QED) is 0.0261. The van der Waals surface area contributed by atoms with Crippen molar-refractivity contribution in [1.82, 2.24) is 5.32 Å². The maximum absolute atomic E-state index is 13.0. The number of nitrogens with one attached hydrogen (secondary N) is 1. The highest BCUT2D eigenvalue weighted by atomic mass is 16.7. The summed E-state index contributed by atoms with van der Waals surface area (Å²) in [7, 11) is 0. The molecule has 1 aliphatic heterocycles. The Kier molecular flexibility index (Phi) is 43.7. The highest BCUT2D eigenvalue weighted by molar-refractivity contribution is 5.76. The molecule has 0 aliphatic carbocycles. The summed E-state index contributed by atoms with van der Waals surface area (Å²) in [6, 6.07) is -0.806. The van der Waals surface area contributed by atoms with E-state index in [1.165, 1.54) is 154 Å². The van der Waals surface area contributed by atoms with Crippen LogP contribution in [0.1, 0.15) is 239 Å². The van der Waals surface area contributed by atoms with Crippen molar-refractivity contribution in [2.75, 3.05) is 13.2 Å². The molecular weight excluding hydrogens is 827 g/mol. The van der Waals surface area contributed by atoms with Crippen molar-refractivity contribution in [3.63, 3.8) is 0 Å². The summed E-state index contributed by atoms with van der Waals surface area (Å²) in [6.45, 7) is 3.67. The molecule has 1 saturated heterocycles. The Morgan fingerprint density at radius 2 is 0.939 bits per heavy atom. The van der Waals surface area contributed by atoms with Gasteiger partial charge in [-0.05, 0) is 57.8 Å².